The molecule has 0 saturated heterocycles. The third kappa shape index (κ3) is 5.52. The maximum absolute atomic E-state index is 10.5. The smallest absolute Gasteiger partial charge is 0.213 e. The number of hydrogen-bond donors (Lipinski definition) is 0. The fourth-order valence-corrected chi connectivity index (χ4v) is 1.06. The van der Waals surface area contributed by atoms with Crippen LogP contribution >= 0.6 is 0 Å². The van der Waals surface area contributed by atoms with E-state index in [0.717, 1.165) is 0 Å². The maximum atomic E-state index is 10.5. The van der Waals surface area contributed by atoms with Crippen LogP contribution in [0.15, 0.2) is 17.1 Å². The van der Waals surface area contributed by atoms with Gasteiger partial charge >= 0.3 is 0 Å². The maximum Gasteiger partial charge on any atom is 0.213 e. The Hall–Kier alpha value is -2.09. The predicted octanol–water partition coefficient (Wildman–Crippen LogP) is 2.08. The largest absolute Gasteiger partial charge is 0.491 e. The molecule has 0 bridgehead atoms. The summed E-state index contributed by atoms with van der Waals surface area (Å²) >= 11 is 0. The van der Waals surface area contributed by atoms with E-state index < -0.39 is 0 Å². The Morgan fingerprint density at radius 1 is 1.12 bits per heavy atom. The van der Waals surface area contributed by atoms with Crippen LogP contribution in [0.3, 0.4) is 0 Å². The molecule has 0 saturated carbocycles. The molecule has 3 heteroatoms. The summed E-state index contributed by atoms with van der Waals surface area (Å²) in [5, 5.41) is 0. The van der Waals surface area contributed by atoms with Crippen LogP contribution in [0.1, 0.15) is 26.7 Å². The highest BCUT2D eigenvalue weighted by atomic mass is 16.5. The van der Waals surface area contributed by atoms with Crippen molar-refractivity contribution in [3.8, 4) is 23.7 Å². The second-order valence-electron chi connectivity index (χ2n) is 3.02. The molecule has 0 fully saturated rings. The highest BCUT2D eigenvalue weighted by molar-refractivity contribution is 5.59. The van der Waals surface area contributed by atoms with E-state index in [1.165, 1.54) is 14.2 Å². The third-order valence-electron chi connectivity index (χ3n) is 1.86. The molecule has 0 aromatic carbocycles. The average molecular weight is 232 g/mol. The van der Waals surface area contributed by atoms with E-state index in [-0.39, 0.29) is 0 Å². The van der Waals surface area contributed by atoms with Gasteiger partial charge < -0.3 is 9.47 Å². The van der Waals surface area contributed by atoms with Gasteiger partial charge in [-0.3, -0.25) is 0 Å². The summed E-state index contributed by atoms with van der Waals surface area (Å²) in [4.78, 5) is 10.5. The normalized spacial score (nSPS) is 9.65. The SMILES string of the molecule is CC#CCCC#C/C(OC)=C(/OC)C(C)=C=O. The minimum atomic E-state index is 0.316. The van der Waals surface area contributed by atoms with Gasteiger partial charge in [-0.05, 0) is 19.8 Å². The summed E-state index contributed by atoms with van der Waals surface area (Å²) in [6, 6.07) is 0. The van der Waals surface area contributed by atoms with Gasteiger partial charge in [0.1, 0.15) is 5.94 Å². The zero-order valence-electron chi connectivity index (χ0n) is 10.6. The van der Waals surface area contributed by atoms with Crippen molar-refractivity contribution < 1.29 is 14.3 Å². The van der Waals surface area contributed by atoms with Crippen LogP contribution in [-0.4, -0.2) is 20.2 Å². The van der Waals surface area contributed by atoms with Gasteiger partial charge in [0.2, 0.25) is 5.76 Å². The van der Waals surface area contributed by atoms with Crippen LogP contribution < -0.4 is 0 Å². The summed E-state index contributed by atoms with van der Waals surface area (Å²) in [6.45, 7) is 3.38. The van der Waals surface area contributed by atoms with Crippen LogP contribution in [0.4, 0.5) is 0 Å². The zero-order valence-corrected chi connectivity index (χ0v) is 10.6. The minimum Gasteiger partial charge on any atom is -0.491 e. The number of carbonyl (C=O) groups excluding carboxylic acids is 1. The first-order chi connectivity index (χ1) is 8.21. The second-order valence-corrected chi connectivity index (χ2v) is 3.02. The monoisotopic (exact) mass is 232 g/mol. The van der Waals surface area contributed by atoms with Crippen molar-refractivity contribution in [2.24, 2.45) is 0 Å². The molecule has 0 N–H and O–H groups in total. The number of unbranched alkanes of at least 4 members (excludes halogenated alkanes) is 1. The molecule has 0 unspecified atom stereocenters. The highest BCUT2D eigenvalue weighted by Crippen LogP contribution is 2.13. The molecule has 0 aromatic heterocycles. The number of hydrogen-bond acceptors (Lipinski definition) is 3. The van der Waals surface area contributed by atoms with E-state index in [1.54, 1.807) is 19.8 Å². The highest BCUT2D eigenvalue weighted by Gasteiger charge is 2.08. The van der Waals surface area contributed by atoms with Gasteiger partial charge in [0.15, 0.2) is 5.76 Å². The van der Waals surface area contributed by atoms with Crippen molar-refractivity contribution in [3.05, 3.63) is 17.1 Å². The summed E-state index contributed by atoms with van der Waals surface area (Å²) in [7, 11) is 2.94. The van der Waals surface area contributed by atoms with Gasteiger partial charge in [-0.1, -0.05) is 5.92 Å². The van der Waals surface area contributed by atoms with E-state index in [2.05, 4.69) is 23.7 Å². The van der Waals surface area contributed by atoms with Crippen LogP contribution in [0, 0.1) is 23.7 Å². The van der Waals surface area contributed by atoms with Gasteiger partial charge in [-0.25, -0.2) is 4.79 Å². The molecule has 0 aliphatic carbocycles. The Morgan fingerprint density at radius 3 is 2.24 bits per heavy atom. The lowest BCUT2D eigenvalue weighted by Gasteiger charge is -2.06. The van der Waals surface area contributed by atoms with Gasteiger partial charge in [0.25, 0.3) is 0 Å². The van der Waals surface area contributed by atoms with E-state index >= 15 is 0 Å². The Labute approximate surface area is 102 Å². The van der Waals surface area contributed by atoms with E-state index in [9.17, 15) is 4.79 Å². The molecule has 0 aliphatic heterocycles. The first-order valence-corrected chi connectivity index (χ1v) is 5.14. The molecule has 0 spiro atoms. The molecule has 0 aromatic rings. The minimum absolute atomic E-state index is 0.316. The first-order valence-electron chi connectivity index (χ1n) is 5.14. The lowest BCUT2D eigenvalue weighted by molar-refractivity contribution is 0.241. The van der Waals surface area contributed by atoms with Crippen molar-refractivity contribution in [3.63, 3.8) is 0 Å². The van der Waals surface area contributed by atoms with Gasteiger partial charge in [-0.15, -0.1) is 11.8 Å². The van der Waals surface area contributed by atoms with Crippen LogP contribution in [-0.2, 0) is 14.3 Å². The fraction of sp³-hybridized carbons (Fsp3) is 0.429. The molecular formula is C14H16O3. The molecule has 17 heavy (non-hydrogen) atoms. The van der Waals surface area contributed by atoms with Crippen molar-refractivity contribution in [2.75, 3.05) is 14.2 Å². The summed E-state index contributed by atoms with van der Waals surface area (Å²) in [5.41, 5.74) is 0.326. The summed E-state index contributed by atoms with van der Waals surface area (Å²) in [5.74, 6) is 13.8. The molecule has 90 valence electrons. The van der Waals surface area contributed by atoms with Gasteiger partial charge in [-0.2, -0.15) is 0 Å². The standard InChI is InChI=1S/C14H16O3/c1-5-6-7-8-9-10-13(16-3)14(17-4)12(2)11-15/h7-8H2,1-4H3/b14-13-. The molecule has 0 atom stereocenters. The quantitative estimate of drug-likeness (QED) is 0.245. The molecule has 0 radical (unpaired) electrons. The van der Waals surface area contributed by atoms with Crippen molar-refractivity contribution in [1.29, 1.82) is 0 Å². The second kappa shape index (κ2) is 9.16. The number of ether oxygens (including phenoxy) is 2. The zero-order chi connectivity index (χ0) is 13.1. The summed E-state index contributed by atoms with van der Waals surface area (Å²) < 4.78 is 10.1. The lowest BCUT2D eigenvalue weighted by atomic mass is 10.2. The summed E-state index contributed by atoms with van der Waals surface area (Å²) in [6.07, 6.45) is 1.36. The molecule has 0 heterocycles. The van der Waals surface area contributed by atoms with Gasteiger partial charge in [0.05, 0.1) is 19.8 Å². The van der Waals surface area contributed by atoms with Crippen molar-refractivity contribution >= 4 is 5.94 Å². The van der Waals surface area contributed by atoms with Crippen LogP contribution in [0.25, 0.3) is 0 Å². The Bertz CT molecular complexity index is 443. The lowest BCUT2D eigenvalue weighted by Crippen LogP contribution is -1.97. The van der Waals surface area contributed by atoms with Crippen LogP contribution in [0.2, 0.25) is 0 Å². The number of rotatable bonds is 4. The Kier molecular flexibility index (Phi) is 8.03. The fourth-order valence-electron chi connectivity index (χ4n) is 1.06. The van der Waals surface area contributed by atoms with E-state index in [0.29, 0.717) is 29.9 Å². The van der Waals surface area contributed by atoms with E-state index in [1.807, 2.05) is 0 Å². The average Bonchev–Trinajstić information content (AvgIpc) is 2.36. The Morgan fingerprint density at radius 2 is 1.76 bits per heavy atom. The van der Waals surface area contributed by atoms with Crippen LogP contribution in [0.5, 0.6) is 0 Å². The predicted molar refractivity (Wildman–Crippen MR) is 66.4 cm³/mol. The van der Waals surface area contributed by atoms with E-state index in [4.69, 9.17) is 9.47 Å². The molecular weight excluding hydrogens is 216 g/mol. The molecule has 3 nitrogen and oxygen atoms in total. The number of allylic oxidation sites excluding steroid dienone is 2. The van der Waals surface area contributed by atoms with Crippen molar-refractivity contribution in [2.45, 2.75) is 26.7 Å². The molecule has 0 rings (SSSR count). The number of methoxy groups -OCH3 is 2. The molecule has 0 aliphatic rings. The Balaban J connectivity index is 4.94. The van der Waals surface area contributed by atoms with Gasteiger partial charge in [0, 0.05) is 12.8 Å². The van der Waals surface area contributed by atoms with Crippen molar-refractivity contribution in [1.82, 2.24) is 0 Å². The third-order valence-corrected chi connectivity index (χ3v) is 1.86. The topological polar surface area (TPSA) is 35.5 Å². The molecule has 0 amide bonds. The first kappa shape index (κ1) is 14.9.